The van der Waals surface area contributed by atoms with E-state index in [2.05, 4.69) is 10.1 Å². The number of carbonyl (C=O) groups excluding carboxylic acids is 1. The number of aromatic nitrogens is 3. The molecule has 0 radical (unpaired) electrons. The van der Waals surface area contributed by atoms with Crippen LogP contribution in [-0.4, -0.2) is 45.3 Å². The van der Waals surface area contributed by atoms with Gasteiger partial charge < -0.3 is 9.64 Å². The van der Waals surface area contributed by atoms with Gasteiger partial charge in [0.15, 0.2) is 0 Å². The molecule has 2 aromatic rings. The van der Waals surface area contributed by atoms with Gasteiger partial charge in [-0.2, -0.15) is 5.10 Å². The summed E-state index contributed by atoms with van der Waals surface area (Å²) >= 11 is 0. The Kier molecular flexibility index (Phi) is 4.20. The Morgan fingerprint density at radius 3 is 2.91 bits per heavy atom. The van der Waals surface area contributed by atoms with Crippen molar-refractivity contribution in [2.45, 2.75) is 19.4 Å². The zero-order valence-corrected chi connectivity index (χ0v) is 12.9. The Morgan fingerprint density at radius 2 is 2.18 bits per heavy atom. The Bertz CT molecular complexity index is 653. The lowest BCUT2D eigenvalue weighted by atomic mass is 9.96. The maximum atomic E-state index is 12.7. The van der Waals surface area contributed by atoms with E-state index < -0.39 is 0 Å². The molecule has 6 nitrogen and oxygen atoms in total. The van der Waals surface area contributed by atoms with Gasteiger partial charge in [-0.1, -0.05) is 0 Å². The van der Waals surface area contributed by atoms with Crippen LogP contribution in [0.1, 0.15) is 34.5 Å². The molecule has 1 aliphatic rings. The number of amides is 1. The van der Waals surface area contributed by atoms with Gasteiger partial charge in [0.25, 0.3) is 5.91 Å². The highest BCUT2D eigenvalue weighted by atomic mass is 16.5. The zero-order chi connectivity index (χ0) is 15.5. The van der Waals surface area contributed by atoms with Crippen molar-refractivity contribution in [3.63, 3.8) is 0 Å². The van der Waals surface area contributed by atoms with Crippen LogP contribution in [0.25, 0.3) is 0 Å². The second-order valence-corrected chi connectivity index (χ2v) is 5.46. The van der Waals surface area contributed by atoms with E-state index in [1.54, 1.807) is 24.5 Å². The molecule has 116 valence electrons. The summed E-state index contributed by atoms with van der Waals surface area (Å²) in [7, 11) is 1.94. The van der Waals surface area contributed by atoms with E-state index >= 15 is 0 Å². The molecule has 3 rings (SSSR count). The van der Waals surface area contributed by atoms with Crippen LogP contribution in [0.15, 0.2) is 30.7 Å². The minimum absolute atomic E-state index is 0.0263. The Hall–Kier alpha value is -2.21. The fraction of sp³-hybridized carbons (Fsp3) is 0.438. The molecule has 3 heterocycles. The molecule has 0 aliphatic carbocycles. The van der Waals surface area contributed by atoms with Crippen LogP contribution in [-0.2, 0) is 18.3 Å². The zero-order valence-electron chi connectivity index (χ0n) is 12.9. The van der Waals surface area contributed by atoms with Crippen LogP contribution < -0.4 is 0 Å². The van der Waals surface area contributed by atoms with Gasteiger partial charge >= 0.3 is 0 Å². The molecule has 0 saturated carbocycles. The normalized spacial score (nSPS) is 17.4. The molecule has 1 aliphatic heterocycles. The van der Waals surface area contributed by atoms with E-state index in [9.17, 15) is 4.79 Å². The summed E-state index contributed by atoms with van der Waals surface area (Å²) in [5, 5.41) is 4.34. The minimum Gasteiger partial charge on any atom is -0.381 e. The Morgan fingerprint density at radius 1 is 1.41 bits per heavy atom. The van der Waals surface area contributed by atoms with E-state index in [-0.39, 0.29) is 11.8 Å². The first kappa shape index (κ1) is 14.7. The highest BCUT2D eigenvalue weighted by Gasteiger charge is 2.31. The topological polar surface area (TPSA) is 60.2 Å². The molecule has 22 heavy (non-hydrogen) atoms. The molecule has 0 aromatic carbocycles. The quantitative estimate of drug-likeness (QED) is 0.860. The molecule has 6 heteroatoms. The van der Waals surface area contributed by atoms with Crippen molar-refractivity contribution < 1.29 is 9.53 Å². The summed E-state index contributed by atoms with van der Waals surface area (Å²) in [4.78, 5) is 18.5. The Labute approximate surface area is 129 Å². The number of aryl methyl sites for hydroxylation is 1. The average molecular weight is 300 g/mol. The molecule has 0 N–H and O–H groups in total. The smallest absolute Gasteiger partial charge is 0.254 e. The lowest BCUT2D eigenvalue weighted by molar-refractivity contribution is 0.0648. The SMILES string of the molecule is CCOC[C@@H]1CN(C(=O)c2ccncc2)Cc2cnn(C)c21. The fourth-order valence-corrected chi connectivity index (χ4v) is 2.99. The van der Waals surface area contributed by atoms with Crippen LogP contribution in [0, 0.1) is 0 Å². The van der Waals surface area contributed by atoms with Gasteiger partial charge in [0.2, 0.25) is 0 Å². The predicted molar refractivity (Wildman–Crippen MR) is 81.4 cm³/mol. The first-order valence-electron chi connectivity index (χ1n) is 7.48. The van der Waals surface area contributed by atoms with Crippen molar-refractivity contribution in [1.29, 1.82) is 0 Å². The number of rotatable bonds is 4. The number of hydrogen-bond donors (Lipinski definition) is 0. The van der Waals surface area contributed by atoms with E-state index in [1.807, 2.05) is 29.7 Å². The molecule has 1 atom stereocenters. The molecular weight excluding hydrogens is 280 g/mol. The number of fused-ring (bicyclic) bond motifs is 1. The van der Waals surface area contributed by atoms with Crippen LogP contribution in [0.4, 0.5) is 0 Å². The fourth-order valence-electron chi connectivity index (χ4n) is 2.99. The molecular formula is C16H20N4O2. The first-order valence-corrected chi connectivity index (χ1v) is 7.48. The summed E-state index contributed by atoms with van der Waals surface area (Å²) in [6.45, 7) is 4.48. The van der Waals surface area contributed by atoms with Crippen molar-refractivity contribution in [2.24, 2.45) is 7.05 Å². The van der Waals surface area contributed by atoms with Crippen molar-refractivity contribution in [3.05, 3.63) is 47.5 Å². The Balaban J connectivity index is 1.85. The van der Waals surface area contributed by atoms with Crippen LogP contribution in [0.5, 0.6) is 0 Å². The second kappa shape index (κ2) is 6.27. The third-order valence-corrected chi connectivity index (χ3v) is 3.99. The molecule has 0 bridgehead atoms. The van der Waals surface area contributed by atoms with Crippen molar-refractivity contribution >= 4 is 5.91 Å². The molecule has 1 amide bonds. The van der Waals surface area contributed by atoms with Gasteiger partial charge in [-0.15, -0.1) is 0 Å². The lowest BCUT2D eigenvalue weighted by Gasteiger charge is -2.33. The number of carbonyl (C=O) groups is 1. The van der Waals surface area contributed by atoms with Crippen LogP contribution in [0.3, 0.4) is 0 Å². The van der Waals surface area contributed by atoms with E-state index in [0.717, 1.165) is 5.56 Å². The van der Waals surface area contributed by atoms with E-state index in [1.165, 1.54) is 5.69 Å². The number of hydrogen-bond acceptors (Lipinski definition) is 4. The summed E-state index contributed by atoms with van der Waals surface area (Å²) < 4.78 is 7.50. The maximum Gasteiger partial charge on any atom is 0.254 e. The van der Waals surface area contributed by atoms with Gasteiger partial charge in [-0.25, -0.2) is 0 Å². The van der Waals surface area contributed by atoms with E-state index in [4.69, 9.17) is 4.74 Å². The first-order chi connectivity index (χ1) is 10.7. The monoisotopic (exact) mass is 300 g/mol. The lowest BCUT2D eigenvalue weighted by Crippen LogP contribution is -2.40. The number of nitrogens with zero attached hydrogens (tertiary/aromatic N) is 4. The van der Waals surface area contributed by atoms with Crippen LogP contribution in [0.2, 0.25) is 0 Å². The average Bonchev–Trinajstić information content (AvgIpc) is 2.94. The molecule has 2 aromatic heterocycles. The molecule has 0 saturated heterocycles. The van der Waals surface area contributed by atoms with E-state index in [0.29, 0.717) is 31.9 Å². The third kappa shape index (κ3) is 2.74. The highest BCUT2D eigenvalue weighted by molar-refractivity contribution is 5.94. The minimum atomic E-state index is 0.0263. The molecule has 0 spiro atoms. The number of ether oxygens (including phenoxy) is 1. The summed E-state index contributed by atoms with van der Waals surface area (Å²) in [6.07, 6.45) is 5.13. The number of pyridine rings is 1. The predicted octanol–water partition coefficient (Wildman–Crippen LogP) is 1.59. The standard InChI is InChI=1S/C16H20N4O2/c1-3-22-11-14-10-20(9-13-8-18-19(2)15(13)14)16(21)12-4-6-17-7-5-12/h4-8,14H,3,9-11H2,1-2H3/t14-/m0/s1. The molecule has 0 unspecified atom stereocenters. The molecule has 0 fully saturated rings. The van der Waals surface area contributed by atoms with Gasteiger partial charge in [0.05, 0.1) is 18.5 Å². The maximum absolute atomic E-state index is 12.7. The van der Waals surface area contributed by atoms with Gasteiger partial charge in [-0.05, 0) is 19.1 Å². The van der Waals surface area contributed by atoms with Gasteiger partial charge in [-0.3, -0.25) is 14.5 Å². The summed E-state index contributed by atoms with van der Waals surface area (Å²) in [5.41, 5.74) is 2.94. The highest BCUT2D eigenvalue weighted by Crippen LogP contribution is 2.29. The summed E-state index contributed by atoms with van der Waals surface area (Å²) in [6, 6.07) is 3.50. The largest absolute Gasteiger partial charge is 0.381 e. The third-order valence-electron chi connectivity index (χ3n) is 3.99. The van der Waals surface area contributed by atoms with Crippen LogP contribution >= 0.6 is 0 Å². The summed E-state index contributed by atoms with van der Waals surface area (Å²) in [5.74, 6) is 0.181. The second-order valence-electron chi connectivity index (χ2n) is 5.46. The van der Waals surface area contributed by atoms with Gasteiger partial charge in [0.1, 0.15) is 0 Å². The van der Waals surface area contributed by atoms with Crippen molar-refractivity contribution in [1.82, 2.24) is 19.7 Å². The van der Waals surface area contributed by atoms with Crippen molar-refractivity contribution in [2.75, 3.05) is 19.8 Å². The van der Waals surface area contributed by atoms with Gasteiger partial charge in [0, 0.05) is 56.2 Å². The van der Waals surface area contributed by atoms with Crippen molar-refractivity contribution in [3.8, 4) is 0 Å².